The summed E-state index contributed by atoms with van der Waals surface area (Å²) in [4.78, 5) is 2.12. The molecule has 1 saturated heterocycles. The minimum atomic E-state index is -3.77. The van der Waals surface area contributed by atoms with E-state index >= 15 is 0 Å². The fourth-order valence-corrected chi connectivity index (χ4v) is 3.05. The van der Waals surface area contributed by atoms with Gasteiger partial charge in [-0.2, -0.15) is 0 Å². The first-order chi connectivity index (χ1) is 8.21. The number of anilines is 2. The summed E-state index contributed by atoms with van der Waals surface area (Å²) in [5.74, 6) is 0. The third kappa shape index (κ3) is 2.44. The van der Waals surface area contributed by atoms with Crippen LogP contribution in [0.1, 0.15) is 20.3 Å². The van der Waals surface area contributed by atoms with E-state index in [-0.39, 0.29) is 16.0 Å². The topological polar surface area (TPSA) is 89.4 Å². The summed E-state index contributed by atoms with van der Waals surface area (Å²) < 4.78 is 22.9. The van der Waals surface area contributed by atoms with Gasteiger partial charge in [0.2, 0.25) is 10.0 Å². The molecule has 5 nitrogen and oxygen atoms in total. The van der Waals surface area contributed by atoms with Crippen molar-refractivity contribution in [3.05, 3.63) is 18.2 Å². The van der Waals surface area contributed by atoms with Crippen molar-refractivity contribution in [2.45, 2.75) is 25.2 Å². The molecule has 1 aliphatic rings. The highest BCUT2D eigenvalue weighted by Gasteiger charge is 2.31. The Morgan fingerprint density at radius 3 is 2.50 bits per heavy atom. The second kappa shape index (κ2) is 4.13. The molecule has 0 amide bonds. The summed E-state index contributed by atoms with van der Waals surface area (Å²) in [5.41, 5.74) is 7.17. The van der Waals surface area contributed by atoms with Crippen LogP contribution in [0.15, 0.2) is 23.1 Å². The zero-order valence-corrected chi connectivity index (χ0v) is 11.5. The molecule has 1 aromatic carbocycles. The predicted molar refractivity (Wildman–Crippen MR) is 72.8 cm³/mol. The van der Waals surface area contributed by atoms with Crippen LogP contribution in [0.5, 0.6) is 0 Å². The minimum Gasteiger partial charge on any atom is -0.396 e. The molecule has 0 atom stereocenters. The molecule has 1 aliphatic heterocycles. The second-order valence-corrected chi connectivity index (χ2v) is 7.10. The van der Waals surface area contributed by atoms with Crippen molar-refractivity contribution in [2.24, 2.45) is 10.6 Å². The molecule has 0 bridgehead atoms. The zero-order valence-electron chi connectivity index (χ0n) is 10.7. The van der Waals surface area contributed by atoms with E-state index in [1.165, 1.54) is 6.07 Å². The van der Waals surface area contributed by atoms with Crippen LogP contribution < -0.4 is 15.8 Å². The summed E-state index contributed by atoms with van der Waals surface area (Å²) in [5, 5.41) is 5.15. The Balaban J connectivity index is 2.42. The van der Waals surface area contributed by atoms with Crippen LogP contribution in [0, 0.1) is 5.41 Å². The maximum atomic E-state index is 11.4. The summed E-state index contributed by atoms with van der Waals surface area (Å²) in [6.45, 7) is 6.12. The number of benzene rings is 1. The summed E-state index contributed by atoms with van der Waals surface area (Å²) in [6, 6.07) is 4.96. The number of hydrogen-bond donors (Lipinski definition) is 2. The lowest BCUT2D eigenvalue weighted by atomic mass is 9.93. The Morgan fingerprint density at radius 1 is 1.33 bits per heavy atom. The Labute approximate surface area is 108 Å². The number of nitrogens with zero attached hydrogens (tertiary/aromatic N) is 1. The van der Waals surface area contributed by atoms with Gasteiger partial charge in [0.15, 0.2) is 0 Å². The van der Waals surface area contributed by atoms with Crippen molar-refractivity contribution < 1.29 is 8.42 Å². The molecule has 0 aliphatic carbocycles. The van der Waals surface area contributed by atoms with E-state index in [1.807, 2.05) is 6.07 Å². The van der Waals surface area contributed by atoms with Gasteiger partial charge in [0.05, 0.1) is 11.4 Å². The molecular weight excluding hydrogens is 250 g/mol. The fraction of sp³-hybridized carbons (Fsp3) is 0.500. The van der Waals surface area contributed by atoms with Crippen molar-refractivity contribution >= 4 is 21.4 Å². The highest BCUT2D eigenvalue weighted by atomic mass is 32.2. The molecular formula is C12H19N3O2S. The molecule has 0 unspecified atom stereocenters. The number of sulfonamides is 1. The van der Waals surface area contributed by atoms with Crippen molar-refractivity contribution in [1.82, 2.24) is 0 Å². The number of nitrogen functional groups attached to an aromatic ring is 1. The normalized spacial score (nSPS) is 19.2. The van der Waals surface area contributed by atoms with Gasteiger partial charge in [-0.1, -0.05) is 19.9 Å². The number of primary sulfonamides is 1. The van der Waals surface area contributed by atoms with Crippen molar-refractivity contribution in [2.75, 3.05) is 23.7 Å². The zero-order chi connectivity index (χ0) is 13.6. The standard InChI is InChI=1S/C12H19N3O2S/c1-12(2)6-7-15(8-12)9-4-3-5-10(11(9)13)18(14,16)17/h3-5H,6-8,13H2,1-2H3,(H2,14,16,17). The molecule has 0 saturated carbocycles. The van der Waals surface area contributed by atoms with E-state index in [9.17, 15) is 8.42 Å². The highest BCUT2D eigenvalue weighted by Crippen LogP contribution is 2.36. The second-order valence-electron chi connectivity index (χ2n) is 5.57. The maximum absolute atomic E-state index is 11.4. The molecule has 100 valence electrons. The van der Waals surface area contributed by atoms with E-state index in [4.69, 9.17) is 10.9 Å². The summed E-state index contributed by atoms with van der Waals surface area (Å²) in [7, 11) is -3.77. The largest absolute Gasteiger partial charge is 0.396 e. The minimum absolute atomic E-state index is 0.00436. The van der Waals surface area contributed by atoms with Crippen LogP contribution in [0.4, 0.5) is 11.4 Å². The third-order valence-electron chi connectivity index (χ3n) is 3.37. The van der Waals surface area contributed by atoms with Crippen LogP contribution in [0.3, 0.4) is 0 Å². The number of rotatable bonds is 2. The Hall–Kier alpha value is -1.27. The molecule has 1 fully saturated rings. The van der Waals surface area contributed by atoms with E-state index in [0.29, 0.717) is 0 Å². The van der Waals surface area contributed by atoms with Gasteiger partial charge < -0.3 is 10.6 Å². The number of hydrogen-bond acceptors (Lipinski definition) is 4. The summed E-state index contributed by atoms with van der Waals surface area (Å²) in [6.07, 6.45) is 1.06. The first kappa shape index (κ1) is 13.2. The Bertz CT molecular complexity index is 567. The predicted octanol–water partition coefficient (Wildman–Crippen LogP) is 1.15. The first-order valence-electron chi connectivity index (χ1n) is 5.87. The van der Waals surface area contributed by atoms with Gasteiger partial charge in [-0.3, -0.25) is 0 Å². The fourth-order valence-electron chi connectivity index (χ4n) is 2.37. The van der Waals surface area contributed by atoms with Crippen LogP contribution in [0.25, 0.3) is 0 Å². The average Bonchev–Trinajstić information content (AvgIpc) is 2.57. The van der Waals surface area contributed by atoms with Gasteiger partial charge in [0.25, 0.3) is 0 Å². The molecule has 4 N–H and O–H groups in total. The van der Waals surface area contributed by atoms with Crippen molar-refractivity contribution in [3.63, 3.8) is 0 Å². The van der Waals surface area contributed by atoms with E-state index in [2.05, 4.69) is 18.7 Å². The van der Waals surface area contributed by atoms with Crippen LogP contribution in [-0.2, 0) is 10.0 Å². The number of nitrogens with two attached hydrogens (primary N) is 2. The van der Waals surface area contributed by atoms with Gasteiger partial charge in [-0.05, 0) is 24.0 Å². The molecule has 0 aromatic heterocycles. The first-order valence-corrected chi connectivity index (χ1v) is 7.42. The molecule has 2 rings (SSSR count). The monoisotopic (exact) mass is 269 g/mol. The Morgan fingerprint density at radius 2 is 2.00 bits per heavy atom. The van der Waals surface area contributed by atoms with E-state index in [1.54, 1.807) is 6.07 Å². The third-order valence-corrected chi connectivity index (χ3v) is 4.34. The molecule has 0 radical (unpaired) electrons. The van der Waals surface area contributed by atoms with Gasteiger partial charge in [0, 0.05) is 13.1 Å². The van der Waals surface area contributed by atoms with Crippen LogP contribution in [0.2, 0.25) is 0 Å². The number of para-hydroxylation sites is 1. The average molecular weight is 269 g/mol. The molecule has 0 spiro atoms. The summed E-state index contributed by atoms with van der Waals surface area (Å²) >= 11 is 0. The van der Waals surface area contributed by atoms with Crippen LogP contribution >= 0.6 is 0 Å². The molecule has 6 heteroatoms. The van der Waals surface area contributed by atoms with Crippen molar-refractivity contribution in [1.29, 1.82) is 0 Å². The SMILES string of the molecule is CC1(C)CCN(c2cccc(S(N)(=O)=O)c2N)C1. The van der Waals surface area contributed by atoms with E-state index < -0.39 is 10.0 Å². The highest BCUT2D eigenvalue weighted by molar-refractivity contribution is 7.89. The smallest absolute Gasteiger partial charge is 0.240 e. The molecule has 1 heterocycles. The van der Waals surface area contributed by atoms with Crippen LogP contribution in [-0.4, -0.2) is 21.5 Å². The van der Waals surface area contributed by atoms with Gasteiger partial charge in [0.1, 0.15) is 4.90 Å². The molecule has 1 aromatic rings. The lowest BCUT2D eigenvalue weighted by Crippen LogP contribution is -2.24. The van der Waals surface area contributed by atoms with Gasteiger partial charge >= 0.3 is 0 Å². The lowest BCUT2D eigenvalue weighted by Gasteiger charge is -2.23. The lowest BCUT2D eigenvalue weighted by molar-refractivity contribution is 0.418. The molecule has 18 heavy (non-hydrogen) atoms. The Kier molecular flexibility index (Phi) is 3.03. The van der Waals surface area contributed by atoms with Crippen molar-refractivity contribution in [3.8, 4) is 0 Å². The van der Waals surface area contributed by atoms with E-state index in [0.717, 1.165) is 25.2 Å². The maximum Gasteiger partial charge on any atom is 0.240 e. The van der Waals surface area contributed by atoms with Gasteiger partial charge in [-0.25, -0.2) is 13.6 Å². The van der Waals surface area contributed by atoms with Gasteiger partial charge in [-0.15, -0.1) is 0 Å². The quantitative estimate of drug-likeness (QED) is 0.788.